The third kappa shape index (κ3) is 3.49. The summed E-state index contributed by atoms with van der Waals surface area (Å²) < 4.78 is 3.34. The van der Waals surface area contributed by atoms with Gasteiger partial charge >= 0.3 is 0 Å². The van der Waals surface area contributed by atoms with E-state index in [9.17, 15) is 4.79 Å². The molecule has 6 heteroatoms. The molecule has 1 aliphatic heterocycles. The number of aryl methyl sites for hydroxylation is 2. The van der Waals surface area contributed by atoms with Crippen molar-refractivity contribution < 1.29 is 0 Å². The van der Waals surface area contributed by atoms with Crippen molar-refractivity contribution in [3.8, 4) is 0 Å². The molecule has 4 rings (SSSR count). The molecule has 0 spiro atoms. The molecule has 0 radical (unpaired) electrons. The summed E-state index contributed by atoms with van der Waals surface area (Å²) in [5.41, 5.74) is 2.45. The van der Waals surface area contributed by atoms with Crippen LogP contribution in [0.1, 0.15) is 18.4 Å². The van der Waals surface area contributed by atoms with Crippen LogP contribution in [-0.2, 0) is 20.1 Å². The van der Waals surface area contributed by atoms with Crippen molar-refractivity contribution in [3.05, 3.63) is 58.8 Å². The highest BCUT2D eigenvalue weighted by Crippen LogP contribution is 2.21. The molecule has 1 saturated heterocycles. The van der Waals surface area contributed by atoms with Gasteiger partial charge in [-0.15, -0.1) is 0 Å². The van der Waals surface area contributed by atoms with Crippen LogP contribution in [-0.4, -0.2) is 37.3 Å². The molecule has 1 fully saturated rings. The quantitative estimate of drug-likeness (QED) is 0.715. The zero-order valence-corrected chi connectivity index (χ0v) is 14.5. The van der Waals surface area contributed by atoms with Crippen molar-refractivity contribution >= 4 is 11.0 Å². The Kier molecular flexibility index (Phi) is 4.36. The van der Waals surface area contributed by atoms with Crippen molar-refractivity contribution in [2.75, 3.05) is 13.1 Å². The van der Waals surface area contributed by atoms with E-state index in [4.69, 9.17) is 0 Å². The van der Waals surface area contributed by atoms with Crippen LogP contribution in [0, 0.1) is 5.92 Å². The standard InChI is InChI=1S/C19H23N5O/c1-22-13-17-18(21-22)19(25)24(14-20-17)10-8-16-7-9-23(12-16)11-15-5-3-2-4-6-15/h2-6,13-14,16H,7-12H2,1H3. The van der Waals surface area contributed by atoms with Gasteiger partial charge in [0.05, 0.1) is 12.5 Å². The minimum atomic E-state index is -0.0373. The van der Waals surface area contributed by atoms with Crippen LogP contribution in [0.3, 0.4) is 0 Å². The van der Waals surface area contributed by atoms with Crippen molar-refractivity contribution in [1.82, 2.24) is 24.2 Å². The summed E-state index contributed by atoms with van der Waals surface area (Å²) in [4.78, 5) is 19.3. The van der Waals surface area contributed by atoms with Gasteiger partial charge in [-0.2, -0.15) is 5.10 Å². The summed E-state index contributed by atoms with van der Waals surface area (Å²) in [5.74, 6) is 0.634. The first-order valence-electron chi connectivity index (χ1n) is 8.84. The fraction of sp³-hybridized carbons (Fsp3) is 0.421. The van der Waals surface area contributed by atoms with E-state index in [0.29, 0.717) is 23.5 Å². The van der Waals surface area contributed by atoms with E-state index < -0.39 is 0 Å². The minimum Gasteiger partial charge on any atom is -0.299 e. The Balaban J connectivity index is 1.36. The van der Waals surface area contributed by atoms with Crippen molar-refractivity contribution in [2.45, 2.75) is 25.9 Å². The van der Waals surface area contributed by atoms with E-state index >= 15 is 0 Å². The molecule has 3 heterocycles. The maximum Gasteiger partial charge on any atom is 0.281 e. The van der Waals surface area contributed by atoms with Gasteiger partial charge in [-0.25, -0.2) is 4.98 Å². The summed E-state index contributed by atoms with van der Waals surface area (Å²) in [6.07, 6.45) is 5.63. The lowest BCUT2D eigenvalue weighted by atomic mass is 10.1. The average Bonchev–Trinajstić information content (AvgIpc) is 3.21. The molecule has 0 N–H and O–H groups in total. The Morgan fingerprint density at radius 2 is 2.08 bits per heavy atom. The zero-order valence-electron chi connectivity index (χ0n) is 14.5. The largest absolute Gasteiger partial charge is 0.299 e. The number of nitrogens with zero attached hydrogens (tertiary/aromatic N) is 5. The normalized spacial score (nSPS) is 18.2. The number of hydrogen-bond acceptors (Lipinski definition) is 4. The maximum absolute atomic E-state index is 12.5. The van der Waals surface area contributed by atoms with Gasteiger partial charge < -0.3 is 0 Å². The zero-order chi connectivity index (χ0) is 17.2. The molecule has 2 aromatic heterocycles. The molecule has 0 bridgehead atoms. The Morgan fingerprint density at radius 1 is 1.24 bits per heavy atom. The molecule has 3 aromatic rings. The highest BCUT2D eigenvalue weighted by Gasteiger charge is 2.22. The minimum absolute atomic E-state index is 0.0373. The molecule has 1 aromatic carbocycles. The Hall–Kier alpha value is -2.47. The fourth-order valence-corrected chi connectivity index (χ4v) is 3.66. The molecule has 1 atom stereocenters. The average molecular weight is 337 g/mol. The summed E-state index contributed by atoms with van der Waals surface area (Å²) in [6.45, 7) is 3.95. The monoisotopic (exact) mass is 337 g/mol. The number of aromatic nitrogens is 4. The van der Waals surface area contributed by atoms with Gasteiger partial charge in [0, 0.05) is 26.7 Å². The molecule has 1 aliphatic rings. The lowest BCUT2D eigenvalue weighted by Gasteiger charge is -2.16. The first-order chi connectivity index (χ1) is 12.2. The summed E-state index contributed by atoms with van der Waals surface area (Å²) in [5, 5.41) is 4.22. The van der Waals surface area contributed by atoms with Crippen LogP contribution in [0.25, 0.3) is 11.0 Å². The lowest BCUT2D eigenvalue weighted by molar-refractivity contribution is 0.310. The van der Waals surface area contributed by atoms with Crippen LogP contribution in [0.5, 0.6) is 0 Å². The number of likely N-dealkylation sites (tertiary alicyclic amines) is 1. The molecule has 0 amide bonds. The molecule has 6 nitrogen and oxygen atoms in total. The van der Waals surface area contributed by atoms with Gasteiger partial charge in [0.1, 0.15) is 5.52 Å². The first kappa shape index (κ1) is 16.0. The summed E-state index contributed by atoms with van der Waals surface area (Å²) >= 11 is 0. The van der Waals surface area contributed by atoms with E-state index in [1.165, 1.54) is 12.0 Å². The highest BCUT2D eigenvalue weighted by atomic mass is 16.1. The van der Waals surface area contributed by atoms with E-state index in [0.717, 1.165) is 26.1 Å². The summed E-state index contributed by atoms with van der Waals surface area (Å²) in [6, 6.07) is 10.6. The lowest BCUT2D eigenvalue weighted by Crippen LogP contribution is -2.23. The van der Waals surface area contributed by atoms with Crippen molar-refractivity contribution in [2.24, 2.45) is 13.0 Å². The van der Waals surface area contributed by atoms with Crippen LogP contribution >= 0.6 is 0 Å². The van der Waals surface area contributed by atoms with Crippen molar-refractivity contribution in [3.63, 3.8) is 0 Å². The van der Waals surface area contributed by atoms with Gasteiger partial charge in [0.25, 0.3) is 5.56 Å². The van der Waals surface area contributed by atoms with Crippen LogP contribution < -0.4 is 5.56 Å². The second-order valence-corrected chi connectivity index (χ2v) is 6.94. The smallest absolute Gasteiger partial charge is 0.281 e. The Labute approximate surface area is 146 Å². The van der Waals surface area contributed by atoms with Crippen LogP contribution in [0.4, 0.5) is 0 Å². The Bertz CT molecular complexity index is 914. The van der Waals surface area contributed by atoms with Crippen LogP contribution in [0.15, 0.2) is 47.7 Å². The second-order valence-electron chi connectivity index (χ2n) is 6.94. The molecule has 0 aliphatic carbocycles. The molecular weight excluding hydrogens is 314 g/mol. The molecule has 25 heavy (non-hydrogen) atoms. The van der Waals surface area contributed by atoms with Crippen LogP contribution in [0.2, 0.25) is 0 Å². The molecule has 130 valence electrons. The fourth-order valence-electron chi connectivity index (χ4n) is 3.66. The van der Waals surface area contributed by atoms with Gasteiger partial charge in [-0.05, 0) is 30.9 Å². The van der Waals surface area contributed by atoms with E-state index in [1.807, 2.05) is 7.05 Å². The summed E-state index contributed by atoms with van der Waals surface area (Å²) in [7, 11) is 1.81. The van der Waals surface area contributed by atoms with Gasteiger partial charge in [0.15, 0.2) is 5.52 Å². The number of fused-ring (bicyclic) bond motifs is 1. The highest BCUT2D eigenvalue weighted by molar-refractivity contribution is 5.71. The third-order valence-electron chi connectivity index (χ3n) is 5.01. The molecule has 0 saturated carbocycles. The number of hydrogen-bond donors (Lipinski definition) is 0. The van der Waals surface area contributed by atoms with E-state index in [1.54, 1.807) is 21.8 Å². The predicted molar refractivity (Wildman–Crippen MR) is 97.2 cm³/mol. The number of rotatable bonds is 5. The van der Waals surface area contributed by atoms with Crippen molar-refractivity contribution in [1.29, 1.82) is 0 Å². The maximum atomic E-state index is 12.5. The topological polar surface area (TPSA) is 56.0 Å². The van der Waals surface area contributed by atoms with Gasteiger partial charge in [-0.1, -0.05) is 30.3 Å². The molecular formula is C19H23N5O. The molecule has 1 unspecified atom stereocenters. The van der Waals surface area contributed by atoms with Gasteiger partial charge in [-0.3, -0.25) is 18.9 Å². The van der Waals surface area contributed by atoms with E-state index in [2.05, 4.69) is 45.3 Å². The Morgan fingerprint density at radius 3 is 2.92 bits per heavy atom. The number of benzene rings is 1. The predicted octanol–water partition coefficient (Wildman–Crippen LogP) is 2.04. The van der Waals surface area contributed by atoms with Gasteiger partial charge in [0.2, 0.25) is 0 Å². The third-order valence-corrected chi connectivity index (χ3v) is 5.01. The SMILES string of the molecule is Cn1cc2ncn(CCC3CCN(Cc4ccccc4)C3)c(=O)c2n1. The first-order valence-corrected chi connectivity index (χ1v) is 8.84. The van der Waals surface area contributed by atoms with E-state index in [-0.39, 0.29) is 5.56 Å². The second kappa shape index (κ2) is 6.80.